The number of aliphatic carboxylic acids is 2. The van der Waals surface area contributed by atoms with Crippen molar-refractivity contribution in [2.45, 2.75) is 153 Å². The number of aliphatic hydroxyl groups excluding tert-OH is 2. The maximum Gasteiger partial charge on any atom is 0.303 e. The normalized spacial score (nSPS) is 48.7. The molecule has 8 N–H and O–H groups in total. The summed E-state index contributed by atoms with van der Waals surface area (Å²) in [6.07, 6.45) is 4.21. The predicted octanol–water partition coefficient (Wildman–Crippen LogP) is 2.42. The predicted molar refractivity (Wildman–Crippen MR) is 169 cm³/mol. The number of hydrogen-bond acceptors (Lipinski definition) is 8. The first-order chi connectivity index (χ1) is 20.8. The monoisotopic (exact) mass is 620 g/mol. The molecule has 252 valence electrons. The number of carboxylic acid groups (broad SMARTS) is 2. The first-order valence-corrected chi connectivity index (χ1v) is 17.6. The SMILES string of the molecule is CC(O)C1C2CC3NC(CC4NC(CC5NC(CC(N2)C1C)C(C(C)O)C5C)C(C)C4CCC(=O)O)C(CCC(=O)O)C3C. The van der Waals surface area contributed by atoms with Crippen LogP contribution in [0.3, 0.4) is 0 Å². The summed E-state index contributed by atoms with van der Waals surface area (Å²) in [5.41, 5.74) is 0. The minimum atomic E-state index is -0.764. The van der Waals surface area contributed by atoms with Crippen molar-refractivity contribution in [3.05, 3.63) is 0 Å². The number of carboxylic acids is 2. The Morgan fingerprint density at radius 2 is 0.841 bits per heavy atom. The molecule has 0 spiro atoms. The zero-order valence-corrected chi connectivity index (χ0v) is 27.7. The molecule has 18 atom stereocenters. The highest BCUT2D eigenvalue weighted by Gasteiger charge is 2.52. The lowest BCUT2D eigenvalue weighted by atomic mass is 9.76. The van der Waals surface area contributed by atoms with Crippen LogP contribution in [0.4, 0.5) is 0 Å². The van der Waals surface area contributed by atoms with Gasteiger partial charge in [0.05, 0.1) is 12.2 Å². The third kappa shape index (κ3) is 6.86. The van der Waals surface area contributed by atoms with Crippen LogP contribution in [-0.4, -0.2) is 92.9 Å². The molecule has 0 aromatic rings. The fourth-order valence-corrected chi connectivity index (χ4v) is 11.0. The van der Waals surface area contributed by atoms with Crippen LogP contribution in [0, 0.1) is 47.3 Å². The first kappa shape index (κ1) is 34.0. The number of carbonyl (C=O) groups is 2. The van der Waals surface area contributed by atoms with Crippen molar-refractivity contribution in [3.8, 4) is 0 Å². The van der Waals surface area contributed by atoms with Gasteiger partial charge in [-0.3, -0.25) is 9.59 Å². The number of fused-ring (bicyclic) bond motifs is 8. The van der Waals surface area contributed by atoms with E-state index in [1.807, 2.05) is 13.8 Å². The summed E-state index contributed by atoms with van der Waals surface area (Å²) in [5.74, 6) is 0.327. The van der Waals surface area contributed by atoms with E-state index >= 15 is 0 Å². The summed E-state index contributed by atoms with van der Waals surface area (Å²) >= 11 is 0. The average molecular weight is 621 g/mol. The molecule has 5 rings (SSSR count). The van der Waals surface area contributed by atoms with Crippen LogP contribution >= 0.6 is 0 Å². The molecule has 10 heteroatoms. The van der Waals surface area contributed by atoms with Crippen molar-refractivity contribution < 1.29 is 30.0 Å². The standard InChI is InChI=1S/C34H60N4O6/c1-15-21(7-9-31(41)42)27-14-28-22(8-10-32(43)44)16(2)24(36-28)12-29-34(20(6)40)18(4)26(38-29)13-30-33(19(5)39)17(3)25(37-30)11-23(15)35-27/h15-30,33-40H,7-14H2,1-6H3,(H,41,42)(H,43,44). The molecule has 44 heavy (non-hydrogen) atoms. The van der Waals surface area contributed by atoms with E-state index in [0.717, 1.165) is 25.7 Å². The number of hydrogen-bond donors (Lipinski definition) is 8. The van der Waals surface area contributed by atoms with Crippen molar-refractivity contribution in [1.82, 2.24) is 21.3 Å². The van der Waals surface area contributed by atoms with Gasteiger partial charge in [0.1, 0.15) is 0 Å². The van der Waals surface area contributed by atoms with Crippen LogP contribution in [-0.2, 0) is 9.59 Å². The smallest absolute Gasteiger partial charge is 0.303 e. The van der Waals surface area contributed by atoms with Gasteiger partial charge < -0.3 is 41.7 Å². The van der Waals surface area contributed by atoms with Crippen LogP contribution in [0.25, 0.3) is 0 Å². The summed E-state index contributed by atoms with van der Waals surface area (Å²) in [7, 11) is 0. The molecule has 0 aliphatic carbocycles. The summed E-state index contributed by atoms with van der Waals surface area (Å²) < 4.78 is 0. The minimum absolute atomic E-state index is 0.111. The van der Waals surface area contributed by atoms with Gasteiger partial charge in [-0.25, -0.2) is 0 Å². The number of nitrogens with one attached hydrogen (secondary N) is 4. The molecule has 5 saturated heterocycles. The van der Waals surface area contributed by atoms with E-state index in [2.05, 4.69) is 49.0 Å². The van der Waals surface area contributed by atoms with Gasteiger partial charge in [0.15, 0.2) is 0 Å². The summed E-state index contributed by atoms with van der Waals surface area (Å²) in [6, 6.07) is 1.49. The van der Waals surface area contributed by atoms with Gasteiger partial charge in [0.25, 0.3) is 0 Å². The molecule has 0 aromatic heterocycles. The van der Waals surface area contributed by atoms with Gasteiger partial charge in [-0.15, -0.1) is 0 Å². The number of rotatable bonds is 8. The first-order valence-electron chi connectivity index (χ1n) is 17.6. The van der Waals surface area contributed by atoms with Crippen molar-refractivity contribution in [2.24, 2.45) is 47.3 Å². The number of aliphatic hydroxyl groups is 2. The van der Waals surface area contributed by atoms with Gasteiger partial charge in [-0.05, 0) is 87.9 Å². The van der Waals surface area contributed by atoms with E-state index in [1.165, 1.54) is 0 Å². The lowest BCUT2D eigenvalue weighted by Crippen LogP contribution is -2.46. The van der Waals surface area contributed by atoms with Crippen LogP contribution < -0.4 is 21.3 Å². The van der Waals surface area contributed by atoms with Crippen molar-refractivity contribution in [3.63, 3.8) is 0 Å². The average Bonchev–Trinajstić information content (AvgIpc) is 3.59. The Balaban J connectivity index is 1.49. The maximum absolute atomic E-state index is 11.7. The van der Waals surface area contributed by atoms with Gasteiger partial charge >= 0.3 is 11.9 Å². The van der Waals surface area contributed by atoms with E-state index in [9.17, 15) is 30.0 Å². The van der Waals surface area contributed by atoms with Crippen LogP contribution in [0.15, 0.2) is 0 Å². The zero-order chi connectivity index (χ0) is 32.0. The summed E-state index contributed by atoms with van der Waals surface area (Å²) in [4.78, 5) is 23.3. The molecule has 18 unspecified atom stereocenters. The maximum atomic E-state index is 11.7. The highest BCUT2D eigenvalue weighted by molar-refractivity contribution is 5.67. The molecule has 5 aliphatic heterocycles. The van der Waals surface area contributed by atoms with E-state index in [0.29, 0.717) is 24.7 Å². The van der Waals surface area contributed by atoms with E-state index in [4.69, 9.17) is 0 Å². The van der Waals surface area contributed by atoms with Crippen molar-refractivity contribution in [2.75, 3.05) is 0 Å². The van der Waals surface area contributed by atoms with Crippen molar-refractivity contribution >= 4 is 11.9 Å². The second-order valence-corrected chi connectivity index (χ2v) is 15.7. The molecule has 0 saturated carbocycles. The zero-order valence-electron chi connectivity index (χ0n) is 27.7. The second-order valence-electron chi connectivity index (χ2n) is 15.7. The third-order valence-corrected chi connectivity index (χ3v) is 13.3. The van der Waals surface area contributed by atoms with E-state index < -0.39 is 24.1 Å². The highest BCUT2D eigenvalue weighted by atomic mass is 16.4. The summed E-state index contributed by atoms with van der Waals surface area (Å²) in [5, 5.41) is 57.1. The lowest BCUT2D eigenvalue weighted by Gasteiger charge is -2.29. The second kappa shape index (κ2) is 13.8. The fraction of sp³-hybridized carbons (Fsp3) is 0.941. The van der Waals surface area contributed by atoms with Crippen molar-refractivity contribution in [1.29, 1.82) is 0 Å². The Bertz CT molecular complexity index is 1010. The lowest BCUT2D eigenvalue weighted by molar-refractivity contribution is -0.138. The molecule has 0 aromatic carbocycles. The molecule has 10 nitrogen and oxygen atoms in total. The van der Waals surface area contributed by atoms with Gasteiger partial charge in [0, 0.05) is 73.0 Å². The molecule has 0 radical (unpaired) electrons. The van der Waals surface area contributed by atoms with Gasteiger partial charge in [-0.2, -0.15) is 0 Å². The third-order valence-electron chi connectivity index (χ3n) is 13.3. The fourth-order valence-electron chi connectivity index (χ4n) is 11.0. The Morgan fingerprint density at radius 3 is 1.18 bits per heavy atom. The Morgan fingerprint density at radius 1 is 0.545 bits per heavy atom. The van der Waals surface area contributed by atoms with Gasteiger partial charge in [-0.1, -0.05) is 27.7 Å². The Labute approximate surface area is 263 Å². The highest BCUT2D eigenvalue weighted by Crippen LogP contribution is 2.45. The molecule has 8 bridgehead atoms. The Kier molecular flexibility index (Phi) is 10.7. The quantitative estimate of drug-likeness (QED) is 0.202. The molecular weight excluding hydrogens is 560 g/mol. The van der Waals surface area contributed by atoms with E-state index in [1.54, 1.807) is 0 Å². The molecular formula is C34H60N4O6. The van der Waals surface area contributed by atoms with Crippen LogP contribution in [0.5, 0.6) is 0 Å². The largest absolute Gasteiger partial charge is 0.481 e. The molecule has 5 fully saturated rings. The van der Waals surface area contributed by atoms with Crippen LogP contribution in [0.1, 0.15) is 92.9 Å². The van der Waals surface area contributed by atoms with E-state index in [-0.39, 0.29) is 96.7 Å². The molecule has 5 heterocycles. The summed E-state index contributed by atoms with van der Waals surface area (Å²) in [6.45, 7) is 12.9. The van der Waals surface area contributed by atoms with Gasteiger partial charge in [0.2, 0.25) is 0 Å². The Hall–Kier alpha value is -1.30. The topological polar surface area (TPSA) is 163 Å². The molecule has 0 amide bonds. The minimum Gasteiger partial charge on any atom is -0.481 e. The molecule has 5 aliphatic rings. The van der Waals surface area contributed by atoms with Crippen LogP contribution in [0.2, 0.25) is 0 Å².